The van der Waals surface area contributed by atoms with Crippen molar-refractivity contribution in [1.29, 1.82) is 0 Å². The van der Waals surface area contributed by atoms with E-state index in [-0.39, 0.29) is 5.91 Å². The molecule has 0 aromatic carbocycles. The third kappa shape index (κ3) is 5.33. The Balaban J connectivity index is 1.51. The highest BCUT2D eigenvalue weighted by atomic mass is 16.2. The van der Waals surface area contributed by atoms with Crippen LogP contribution < -0.4 is 10.2 Å². The summed E-state index contributed by atoms with van der Waals surface area (Å²) < 4.78 is 0. The second-order valence-corrected chi connectivity index (χ2v) is 7.44. The largest absolute Gasteiger partial charge is 0.357 e. The maximum atomic E-state index is 12.5. The molecule has 0 radical (unpaired) electrons. The van der Waals surface area contributed by atoms with Gasteiger partial charge < -0.3 is 20.0 Å². The van der Waals surface area contributed by atoms with Gasteiger partial charge in [0.2, 0.25) is 11.9 Å². The highest BCUT2D eigenvalue weighted by Gasteiger charge is 2.23. The summed E-state index contributed by atoms with van der Waals surface area (Å²) >= 11 is 0. The highest BCUT2D eigenvalue weighted by Crippen LogP contribution is 2.17. The first kappa shape index (κ1) is 20.4. The maximum absolute atomic E-state index is 12.5. The van der Waals surface area contributed by atoms with E-state index in [1.807, 2.05) is 11.0 Å². The van der Waals surface area contributed by atoms with E-state index in [1.54, 1.807) is 12.4 Å². The number of nitrogens with one attached hydrogen (secondary N) is 1. The first-order valence-electron chi connectivity index (χ1n) is 10.5. The van der Waals surface area contributed by atoms with Crippen LogP contribution in [0, 0.1) is 0 Å². The number of amides is 1. The van der Waals surface area contributed by atoms with Gasteiger partial charge in [-0.25, -0.2) is 9.97 Å². The van der Waals surface area contributed by atoms with E-state index in [4.69, 9.17) is 4.99 Å². The van der Waals surface area contributed by atoms with Gasteiger partial charge in [0.1, 0.15) is 0 Å². The Morgan fingerprint density at radius 2 is 1.93 bits per heavy atom. The van der Waals surface area contributed by atoms with Crippen molar-refractivity contribution in [1.82, 2.24) is 25.1 Å². The Labute approximate surface area is 168 Å². The van der Waals surface area contributed by atoms with Crippen molar-refractivity contribution in [3.8, 4) is 0 Å². The minimum atomic E-state index is 0.234. The standard InChI is InChI=1S/C20H33N7O/c1-3-21-19(24-11-8-18(28)27-12-5-4-7-17(27)2)25-13-15-26(16-14-25)20-22-9-6-10-23-20/h6,9-10,17H,3-5,7-8,11-16H2,1-2H3,(H,21,24). The van der Waals surface area contributed by atoms with Crippen molar-refractivity contribution < 1.29 is 4.79 Å². The van der Waals surface area contributed by atoms with Crippen molar-refractivity contribution in [2.24, 2.45) is 4.99 Å². The van der Waals surface area contributed by atoms with Crippen molar-refractivity contribution in [2.45, 2.75) is 45.6 Å². The molecule has 0 spiro atoms. The van der Waals surface area contributed by atoms with Crippen molar-refractivity contribution in [2.75, 3.05) is 50.7 Å². The molecule has 2 aliphatic rings. The van der Waals surface area contributed by atoms with Gasteiger partial charge in [-0.05, 0) is 39.2 Å². The molecule has 2 aliphatic heterocycles. The summed E-state index contributed by atoms with van der Waals surface area (Å²) in [7, 11) is 0. The number of nitrogens with zero attached hydrogens (tertiary/aromatic N) is 6. The number of carbonyl (C=O) groups is 1. The molecule has 3 heterocycles. The third-order valence-electron chi connectivity index (χ3n) is 5.46. The van der Waals surface area contributed by atoms with Crippen molar-refractivity contribution in [3.63, 3.8) is 0 Å². The minimum Gasteiger partial charge on any atom is -0.357 e. The first-order valence-corrected chi connectivity index (χ1v) is 10.5. The summed E-state index contributed by atoms with van der Waals surface area (Å²) in [6, 6.07) is 2.20. The molecular weight excluding hydrogens is 354 g/mol. The molecule has 0 saturated carbocycles. The average molecular weight is 388 g/mol. The van der Waals surface area contributed by atoms with Gasteiger partial charge in [-0.15, -0.1) is 0 Å². The highest BCUT2D eigenvalue weighted by molar-refractivity contribution is 5.81. The van der Waals surface area contributed by atoms with Crippen LogP contribution in [-0.2, 0) is 4.79 Å². The van der Waals surface area contributed by atoms with Crippen molar-refractivity contribution >= 4 is 17.8 Å². The van der Waals surface area contributed by atoms with E-state index < -0.39 is 0 Å². The second kappa shape index (κ2) is 10.2. The van der Waals surface area contributed by atoms with E-state index in [2.05, 4.69) is 38.9 Å². The topological polar surface area (TPSA) is 77.0 Å². The predicted octanol–water partition coefficient (Wildman–Crippen LogP) is 1.36. The predicted molar refractivity (Wildman–Crippen MR) is 111 cm³/mol. The number of hydrogen-bond donors (Lipinski definition) is 1. The van der Waals surface area contributed by atoms with Crippen LogP contribution in [0.25, 0.3) is 0 Å². The number of piperazine rings is 1. The molecule has 0 aliphatic carbocycles. The molecule has 28 heavy (non-hydrogen) atoms. The lowest BCUT2D eigenvalue weighted by molar-refractivity contribution is -0.134. The van der Waals surface area contributed by atoms with Crippen LogP contribution >= 0.6 is 0 Å². The van der Waals surface area contributed by atoms with Gasteiger partial charge in [-0.2, -0.15) is 0 Å². The summed E-state index contributed by atoms with van der Waals surface area (Å²) in [4.78, 5) is 32.4. The van der Waals surface area contributed by atoms with Crippen molar-refractivity contribution in [3.05, 3.63) is 18.5 Å². The normalized spacial score (nSPS) is 21.0. The monoisotopic (exact) mass is 387 g/mol. The van der Waals surface area contributed by atoms with Gasteiger partial charge in [0.25, 0.3) is 0 Å². The summed E-state index contributed by atoms with van der Waals surface area (Å²) in [6.07, 6.45) is 7.51. The fraction of sp³-hybridized carbons (Fsp3) is 0.700. The molecule has 154 valence electrons. The molecule has 8 heteroatoms. The number of piperidine rings is 1. The van der Waals surface area contributed by atoms with E-state index in [0.717, 1.165) is 64.0 Å². The Hall–Kier alpha value is -2.38. The molecule has 2 fully saturated rings. The molecule has 1 unspecified atom stereocenters. The molecule has 1 N–H and O–H groups in total. The van der Waals surface area contributed by atoms with E-state index in [0.29, 0.717) is 19.0 Å². The molecule has 1 aromatic heterocycles. The fourth-order valence-corrected chi connectivity index (χ4v) is 3.87. The molecule has 1 atom stereocenters. The van der Waals surface area contributed by atoms with Gasteiger partial charge in [-0.3, -0.25) is 9.79 Å². The molecule has 0 bridgehead atoms. The minimum absolute atomic E-state index is 0.234. The summed E-state index contributed by atoms with van der Waals surface area (Å²) in [5, 5.41) is 3.37. The SMILES string of the molecule is CCNC(=NCCC(=O)N1CCCCC1C)N1CCN(c2ncccn2)CC1. The number of carbonyl (C=O) groups excluding carboxylic acids is 1. The van der Waals surface area contributed by atoms with Crippen LogP contribution in [0.1, 0.15) is 39.5 Å². The summed E-state index contributed by atoms with van der Waals surface area (Å²) in [5.74, 6) is 1.92. The Morgan fingerprint density at radius 3 is 2.61 bits per heavy atom. The zero-order valence-electron chi connectivity index (χ0n) is 17.2. The van der Waals surface area contributed by atoms with Gasteiger partial charge >= 0.3 is 0 Å². The van der Waals surface area contributed by atoms with Crippen LogP contribution in [0.2, 0.25) is 0 Å². The molecule has 2 saturated heterocycles. The maximum Gasteiger partial charge on any atom is 0.225 e. The molecule has 1 aromatic rings. The van der Waals surface area contributed by atoms with Gasteiger partial charge in [0.15, 0.2) is 5.96 Å². The third-order valence-corrected chi connectivity index (χ3v) is 5.46. The first-order chi connectivity index (χ1) is 13.7. The van der Waals surface area contributed by atoms with Crippen LogP contribution in [0.3, 0.4) is 0 Å². The van der Waals surface area contributed by atoms with Gasteiger partial charge in [-0.1, -0.05) is 0 Å². The Bertz CT molecular complexity index is 643. The number of anilines is 1. The second-order valence-electron chi connectivity index (χ2n) is 7.44. The number of hydrogen-bond acceptors (Lipinski definition) is 5. The van der Waals surface area contributed by atoms with Crippen LogP contribution in [0.4, 0.5) is 5.95 Å². The smallest absolute Gasteiger partial charge is 0.225 e. The zero-order chi connectivity index (χ0) is 19.8. The number of aliphatic imine (C=N–C) groups is 1. The van der Waals surface area contributed by atoms with Gasteiger partial charge in [0, 0.05) is 64.1 Å². The van der Waals surface area contributed by atoms with Crippen LogP contribution in [-0.4, -0.2) is 83.5 Å². The molecular formula is C20H33N7O. The molecule has 8 nitrogen and oxygen atoms in total. The lowest BCUT2D eigenvalue weighted by Crippen LogP contribution is -2.53. The average Bonchev–Trinajstić information content (AvgIpc) is 2.74. The zero-order valence-corrected chi connectivity index (χ0v) is 17.2. The van der Waals surface area contributed by atoms with Crippen LogP contribution in [0.5, 0.6) is 0 Å². The Kier molecular flexibility index (Phi) is 7.45. The summed E-state index contributed by atoms with van der Waals surface area (Å²) in [6.45, 7) is 9.92. The number of aromatic nitrogens is 2. The molecule has 3 rings (SSSR count). The van der Waals surface area contributed by atoms with E-state index >= 15 is 0 Å². The number of rotatable bonds is 5. The lowest BCUT2D eigenvalue weighted by atomic mass is 10.0. The quantitative estimate of drug-likeness (QED) is 0.607. The molecule has 1 amide bonds. The fourth-order valence-electron chi connectivity index (χ4n) is 3.87. The number of guanidine groups is 1. The van der Waals surface area contributed by atoms with E-state index in [1.165, 1.54) is 6.42 Å². The number of likely N-dealkylation sites (tertiary alicyclic amines) is 1. The Morgan fingerprint density at radius 1 is 1.18 bits per heavy atom. The van der Waals surface area contributed by atoms with Crippen LogP contribution in [0.15, 0.2) is 23.5 Å². The summed E-state index contributed by atoms with van der Waals surface area (Å²) in [5.41, 5.74) is 0. The lowest BCUT2D eigenvalue weighted by Gasteiger charge is -2.36. The van der Waals surface area contributed by atoms with E-state index in [9.17, 15) is 4.79 Å². The van der Waals surface area contributed by atoms with Gasteiger partial charge in [0.05, 0.1) is 6.54 Å².